The molecule has 35 heavy (non-hydrogen) atoms. The first-order valence-electron chi connectivity index (χ1n) is 13.2. The molecule has 2 heterocycles. The van der Waals surface area contributed by atoms with Crippen LogP contribution in [0, 0.1) is 6.92 Å². The molecule has 6 nitrogen and oxygen atoms in total. The number of carbonyl (C=O) groups is 2. The summed E-state index contributed by atoms with van der Waals surface area (Å²) in [4.78, 5) is 30.1. The molecule has 2 unspecified atom stereocenters. The van der Waals surface area contributed by atoms with Gasteiger partial charge in [0.1, 0.15) is 5.75 Å². The molecule has 1 fully saturated rings. The van der Waals surface area contributed by atoms with E-state index in [9.17, 15) is 9.59 Å². The third-order valence-corrected chi connectivity index (χ3v) is 7.19. The SMILES string of the molecule is CCC(=O)N1CCc2ccc(OC(CC)C(=O)NCCN3CCCC3)cc2C1c1cccc(C)c1. The molecule has 2 atom stereocenters. The van der Waals surface area contributed by atoms with E-state index in [0.29, 0.717) is 31.7 Å². The number of benzene rings is 2. The van der Waals surface area contributed by atoms with Gasteiger partial charge in [-0.2, -0.15) is 0 Å². The maximum atomic E-state index is 12.9. The lowest BCUT2D eigenvalue weighted by Crippen LogP contribution is -2.41. The number of likely N-dealkylation sites (tertiary alicyclic amines) is 1. The van der Waals surface area contributed by atoms with Crippen LogP contribution >= 0.6 is 0 Å². The molecule has 0 spiro atoms. The fourth-order valence-corrected chi connectivity index (χ4v) is 5.28. The maximum Gasteiger partial charge on any atom is 0.261 e. The Kier molecular flexibility index (Phi) is 8.45. The quantitative estimate of drug-likeness (QED) is 0.587. The first kappa shape index (κ1) is 25.2. The molecule has 188 valence electrons. The molecule has 0 radical (unpaired) electrons. The van der Waals surface area contributed by atoms with Gasteiger partial charge in [0, 0.05) is 26.1 Å². The van der Waals surface area contributed by atoms with Crippen molar-refractivity contribution >= 4 is 11.8 Å². The minimum atomic E-state index is -0.541. The van der Waals surface area contributed by atoms with Crippen LogP contribution in [0.1, 0.15) is 67.8 Å². The summed E-state index contributed by atoms with van der Waals surface area (Å²) >= 11 is 0. The number of nitrogens with zero attached hydrogens (tertiary/aromatic N) is 2. The van der Waals surface area contributed by atoms with Crippen molar-refractivity contribution in [3.63, 3.8) is 0 Å². The summed E-state index contributed by atoms with van der Waals surface area (Å²) < 4.78 is 6.21. The Morgan fingerprint density at radius 1 is 1.09 bits per heavy atom. The summed E-state index contributed by atoms with van der Waals surface area (Å²) in [6, 6.07) is 14.3. The molecular weight excluding hydrogens is 438 g/mol. The second-order valence-corrected chi connectivity index (χ2v) is 9.72. The zero-order valence-corrected chi connectivity index (χ0v) is 21.4. The number of hydrogen-bond donors (Lipinski definition) is 1. The molecule has 2 aliphatic heterocycles. The third-order valence-electron chi connectivity index (χ3n) is 7.19. The predicted molar refractivity (Wildman–Crippen MR) is 139 cm³/mol. The van der Waals surface area contributed by atoms with E-state index < -0.39 is 6.10 Å². The molecule has 4 rings (SSSR count). The van der Waals surface area contributed by atoms with Crippen LogP contribution in [0.4, 0.5) is 0 Å². The molecule has 2 amide bonds. The van der Waals surface area contributed by atoms with Crippen molar-refractivity contribution in [2.45, 2.75) is 65.0 Å². The van der Waals surface area contributed by atoms with Crippen LogP contribution in [0.2, 0.25) is 0 Å². The van der Waals surface area contributed by atoms with E-state index in [4.69, 9.17) is 4.74 Å². The van der Waals surface area contributed by atoms with E-state index >= 15 is 0 Å². The number of nitrogens with one attached hydrogen (secondary N) is 1. The highest BCUT2D eigenvalue weighted by atomic mass is 16.5. The number of hydrogen-bond acceptors (Lipinski definition) is 4. The number of rotatable bonds is 9. The molecule has 0 aromatic heterocycles. The Labute approximate surface area is 209 Å². The van der Waals surface area contributed by atoms with Crippen molar-refractivity contribution in [3.8, 4) is 5.75 Å². The second kappa shape index (κ2) is 11.7. The normalized spacial score (nSPS) is 18.7. The van der Waals surface area contributed by atoms with Crippen LogP contribution in [0.15, 0.2) is 42.5 Å². The average Bonchev–Trinajstić information content (AvgIpc) is 3.39. The van der Waals surface area contributed by atoms with Crippen LogP contribution in [0.5, 0.6) is 5.75 Å². The van der Waals surface area contributed by atoms with E-state index in [1.807, 2.05) is 36.9 Å². The summed E-state index contributed by atoms with van der Waals surface area (Å²) in [5, 5.41) is 3.06. The molecule has 2 aromatic carbocycles. The van der Waals surface area contributed by atoms with Gasteiger partial charge in [-0.25, -0.2) is 0 Å². The standard InChI is InChI=1S/C29H39N3O3/c1-4-26(29(34)30-14-18-31-15-6-7-16-31)35-24-12-11-22-13-17-32(27(33)5-2)28(25(22)20-24)23-10-8-9-21(3)19-23/h8-12,19-20,26,28H,4-7,13-18H2,1-3H3,(H,30,34). The number of aryl methyl sites for hydroxylation is 1. The lowest BCUT2D eigenvalue weighted by atomic mass is 9.87. The van der Waals surface area contributed by atoms with Crippen LogP contribution < -0.4 is 10.1 Å². The van der Waals surface area contributed by atoms with Gasteiger partial charge in [-0.3, -0.25) is 9.59 Å². The van der Waals surface area contributed by atoms with E-state index in [1.165, 1.54) is 24.0 Å². The number of carbonyl (C=O) groups excluding carboxylic acids is 2. The Morgan fingerprint density at radius 2 is 1.89 bits per heavy atom. The highest BCUT2D eigenvalue weighted by Gasteiger charge is 2.32. The number of ether oxygens (including phenoxy) is 1. The monoisotopic (exact) mass is 477 g/mol. The van der Waals surface area contributed by atoms with Crippen LogP contribution in [-0.4, -0.2) is 60.4 Å². The van der Waals surface area contributed by atoms with Crippen LogP contribution in [0.25, 0.3) is 0 Å². The Hall–Kier alpha value is -2.86. The minimum absolute atomic E-state index is 0.0672. The van der Waals surface area contributed by atoms with E-state index in [1.54, 1.807) is 0 Å². The fourth-order valence-electron chi connectivity index (χ4n) is 5.28. The van der Waals surface area contributed by atoms with Crippen molar-refractivity contribution in [3.05, 3.63) is 64.7 Å². The van der Waals surface area contributed by atoms with Gasteiger partial charge in [-0.15, -0.1) is 0 Å². The number of fused-ring (bicyclic) bond motifs is 1. The molecule has 2 aromatic rings. The summed E-state index contributed by atoms with van der Waals surface area (Å²) in [7, 11) is 0. The van der Waals surface area contributed by atoms with Crippen molar-refractivity contribution in [2.24, 2.45) is 0 Å². The summed E-state index contributed by atoms with van der Waals surface area (Å²) in [5.74, 6) is 0.758. The lowest BCUT2D eigenvalue weighted by Gasteiger charge is -2.38. The van der Waals surface area contributed by atoms with Gasteiger partial charge in [0.05, 0.1) is 6.04 Å². The zero-order chi connectivity index (χ0) is 24.8. The molecule has 0 bridgehead atoms. The van der Waals surface area contributed by atoms with Crippen LogP contribution in [0.3, 0.4) is 0 Å². The average molecular weight is 478 g/mol. The minimum Gasteiger partial charge on any atom is -0.481 e. The highest BCUT2D eigenvalue weighted by Crippen LogP contribution is 2.38. The van der Waals surface area contributed by atoms with E-state index in [-0.39, 0.29) is 17.9 Å². The predicted octanol–water partition coefficient (Wildman–Crippen LogP) is 4.25. The van der Waals surface area contributed by atoms with Crippen molar-refractivity contribution in [2.75, 3.05) is 32.7 Å². The largest absolute Gasteiger partial charge is 0.481 e. The topological polar surface area (TPSA) is 61.9 Å². The second-order valence-electron chi connectivity index (χ2n) is 9.72. The van der Waals surface area contributed by atoms with Crippen molar-refractivity contribution < 1.29 is 14.3 Å². The van der Waals surface area contributed by atoms with E-state index in [2.05, 4.69) is 41.4 Å². The van der Waals surface area contributed by atoms with Gasteiger partial charge in [-0.1, -0.05) is 49.7 Å². The number of amides is 2. The van der Waals surface area contributed by atoms with Gasteiger partial charge >= 0.3 is 0 Å². The molecular formula is C29H39N3O3. The van der Waals surface area contributed by atoms with E-state index in [0.717, 1.165) is 37.2 Å². The van der Waals surface area contributed by atoms with Gasteiger partial charge in [0.25, 0.3) is 5.91 Å². The Morgan fingerprint density at radius 3 is 2.60 bits per heavy atom. The van der Waals surface area contributed by atoms with Crippen molar-refractivity contribution in [1.82, 2.24) is 15.1 Å². The fraction of sp³-hybridized carbons (Fsp3) is 0.517. The Bertz CT molecular complexity index is 1030. The third kappa shape index (κ3) is 6.04. The highest BCUT2D eigenvalue weighted by molar-refractivity contribution is 5.81. The smallest absolute Gasteiger partial charge is 0.261 e. The van der Waals surface area contributed by atoms with Gasteiger partial charge in [0.2, 0.25) is 5.91 Å². The molecule has 0 aliphatic carbocycles. The Balaban J connectivity index is 1.53. The first-order valence-corrected chi connectivity index (χ1v) is 13.2. The summed E-state index contributed by atoms with van der Waals surface area (Å²) in [6.07, 6.45) is 3.84. The summed E-state index contributed by atoms with van der Waals surface area (Å²) in [6.45, 7) is 10.4. The van der Waals surface area contributed by atoms with Gasteiger partial charge in [0.15, 0.2) is 6.10 Å². The van der Waals surface area contributed by atoms with Crippen LogP contribution in [-0.2, 0) is 16.0 Å². The lowest BCUT2D eigenvalue weighted by molar-refractivity contribution is -0.133. The summed E-state index contributed by atoms with van der Waals surface area (Å²) in [5.41, 5.74) is 4.59. The van der Waals surface area contributed by atoms with Gasteiger partial charge < -0.3 is 19.9 Å². The van der Waals surface area contributed by atoms with Crippen molar-refractivity contribution in [1.29, 1.82) is 0 Å². The molecule has 1 saturated heterocycles. The molecule has 2 aliphatic rings. The molecule has 0 saturated carbocycles. The zero-order valence-electron chi connectivity index (χ0n) is 21.4. The van der Waals surface area contributed by atoms with Gasteiger partial charge in [-0.05, 0) is 74.5 Å². The molecule has 6 heteroatoms. The first-order chi connectivity index (χ1) is 17.0. The molecule has 1 N–H and O–H groups in total. The maximum absolute atomic E-state index is 12.9.